The average molecular weight is 600 g/mol. The molecular formula is C28H27Cl2F4N3O3. The minimum Gasteiger partial charge on any atom is -0.481 e. The summed E-state index contributed by atoms with van der Waals surface area (Å²) in [5.41, 5.74) is -0.735. The lowest BCUT2D eigenvalue weighted by Gasteiger charge is -2.29. The third-order valence-corrected chi connectivity index (χ3v) is 7.91. The minimum atomic E-state index is -4.90. The molecule has 0 saturated heterocycles. The second-order valence-electron chi connectivity index (χ2n) is 10.0. The van der Waals surface area contributed by atoms with Crippen LogP contribution in [0.2, 0.25) is 10.0 Å². The molecular weight excluding hydrogens is 573 g/mol. The Hall–Kier alpha value is -3.11. The van der Waals surface area contributed by atoms with E-state index in [2.05, 4.69) is 5.10 Å². The van der Waals surface area contributed by atoms with Crippen LogP contribution in [-0.4, -0.2) is 38.2 Å². The first-order chi connectivity index (χ1) is 18.9. The molecule has 1 saturated carbocycles. The number of carbonyl (C=O) groups excluding carboxylic acids is 1. The van der Waals surface area contributed by atoms with E-state index in [-0.39, 0.29) is 38.8 Å². The molecule has 214 valence electrons. The molecule has 1 aliphatic carbocycles. The maximum atomic E-state index is 14.4. The topological polar surface area (TPSA) is 75.4 Å². The van der Waals surface area contributed by atoms with Gasteiger partial charge in [0.05, 0.1) is 23.7 Å². The molecule has 3 aromatic rings. The van der Waals surface area contributed by atoms with Gasteiger partial charge >= 0.3 is 12.1 Å². The Kier molecular flexibility index (Phi) is 9.09. The molecule has 2 aromatic carbocycles. The van der Waals surface area contributed by atoms with E-state index in [0.717, 1.165) is 10.9 Å². The largest absolute Gasteiger partial charge is 0.481 e. The van der Waals surface area contributed by atoms with Gasteiger partial charge in [0, 0.05) is 29.1 Å². The van der Waals surface area contributed by atoms with Crippen molar-refractivity contribution in [3.05, 3.63) is 86.9 Å². The van der Waals surface area contributed by atoms with Crippen molar-refractivity contribution in [2.45, 2.75) is 57.3 Å². The smallest absolute Gasteiger partial charge is 0.433 e. The van der Waals surface area contributed by atoms with E-state index >= 15 is 0 Å². The number of hydrogen-bond acceptors (Lipinski definition) is 3. The molecule has 4 rings (SSSR count). The molecule has 12 heteroatoms. The molecule has 1 heterocycles. The summed E-state index contributed by atoms with van der Waals surface area (Å²) in [7, 11) is 0. The zero-order valence-electron chi connectivity index (χ0n) is 21.5. The number of benzene rings is 2. The van der Waals surface area contributed by atoms with E-state index in [0.29, 0.717) is 21.2 Å². The molecule has 0 radical (unpaired) electrons. The highest BCUT2D eigenvalue weighted by molar-refractivity contribution is 6.36. The maximum Gasteiger partial charge on any atom is 0.433 e. The molecule has 40 heavy (non-hydrogen) atoms. The van der Waals surface area contributed by atoms with Gasteiger partial charge in [-0.3, -0.25) is 14.3 Å². The van der Waals surface area contributed by atoms with E-state index in [1.54, 1.807) is 25.1 Å². The fraction of sp³-hybridized carbons (Fsp3) is 0.393. The number of aromatic nitrogens is 2. The van der Waals surface area contributed by atoms with Crippen molar-refractivity contribution in [1.29, 1.82) is 0 Å². The molecule has 1 unspecified atom stereocenters. The number of carbonyl (C=O) groups is 2. The summed E-state index contributed by atoms with van der Waals surface area (Å²) in [5, 5.41) is 13.9. The summed E-state index contributed by atoms with van der Waals surface area (Å²) in [6.07, 6.45) is -3.17. The van der Waals surface area contributed by atoms with Gasteiger partial charge in [0.15, 0.2) is 5.69 Å². The van der Waals surface area contributed by atoms with Crippen molar-refractivity contribution >= 4 is 35.1 Å². The van der Waals surface area contributed by atoms with Crippen molar-refractivity contribution in [1.82, 2.24) is 14.7 Å². The molecule has 0 aliphatic heterocycles. The Morgan fingerprint density at radius 2 is 1.68 bits per heavy atom. The van der Waals surface area contributed by atoms with Crippen molar-refractivity contribution in [3.63, 3.8) is 0 Å². The molecule has 1 amide bonds. The van der Waals surface area contributed by atoms with Crippen LogP contribution in [-0.2, 0) is 17.5 Å². The van der Waals surface area contributed by atoms with Crippen LogP contribution in [0.25, 0.3) is 0 Å². The van der Waals surface area contributed by atoms with E-state index in [1.165, 1.54) is 29.2 Å². The number of hydrogen-bond donors (Lipinski definition) is 1. The van der Waals surface area contributed by atoms with Gasteiger partial charge in [-0.1, -0.05) is 48.3 Å². The Morgan fingerprint density at radius 1 is 1.07 bits per heavy atom. The zero-order valence-corrected chi connectivity index (χ0v) is 23.0. The maximum absolute atomic E-state index is 14.4. The van der Waals surface area contributed by atoms with Crippen LogP contribution in [0.15, 0.2) is 48.7 Å². The van der Waals surface area contributed by atoms with Gasteiger partial charge in [0.1, 0.15) is 5.82 Å². The lowest BCUT2D eigenvalue weighted by molar-refractivity contribution is -0.147. The number of alkyl halides is 3. The third kappa shape index (κ3) is 6.61. The predicted octanol–water partition coefficient (Wildman–Crippen LogP) is 7.61. The van der Waals surface area contributed by atoms with Gasteiger partial charge in [-0.15, -0.1) is 0 Å². The van der Waals surface area contributed by atoms with Crippen molar-refractivity contribution in [2.75, 3.05) is 6.54 Å². The predicted molar refractivity (Wildman–Crippen MR) is 142 cm³/mol. The van der Waals surface area contributed by atoms with Gasteiger partial charge in [-0.25, -0.2) is 4.39 Å². The molecule has 0 spiro atoms. The van der Waals surface area contributed by atoms with Crippen LogP contribution in [0.4, 0.5) is 17.6 Å². The fourth-order valence-corrected chi connectivity index (χ4v) is 6.02. The van der Waals surface area contributed by atoms with Gasteiger partial charge in [0.25, 0.3) is 5.91 Å². The molecule has 1 fully saturated rings. The normalized spacial score (nSPS) is 18.4. The molecule has 0 bridgehead atoms. The molecule has 1 N–H and O–H groups in total. The summed E-state index contributed by atoms with van der Waals surface area (Å²) in [4.78, 5) is 26.4. The number of carboxylic acid groups (broad SMARTS) is 1. The number of amides is 1. The van der Waals surface area contributed by atoms with E-state index < -0.39 is 53.0 Å². The Balaban J connectivity index is 1.69. The number of aliphatic carboxylic acids is 1. The SMILES string of the molecule is CC(CN(Cc1ccc(F)cc1)C(=O)c1cnn([C@H]2CC[C@H](C(=O)O)CC2)c1C(F)(F)F)c1c(Cl)cccc1Cl. The first kappa shape index (κ1) is 29.9. The highest BCUT2D eigenvalue weighted by Gasteiger charge is 2.43. The first-order valence-electron chi connectivity index (χ1n) is 12.7. The number of nitrogens with zero attached hydrogens (tertiary/aromatic N) is 3. The van der Waals surface area contributed by atoms with Crippen LogP contribution >= 0.6 is 23.2 Å². The standard InChI is InChI=1S/C28H27Cl2F4N3O3/c1-16(24-22(29)3-2-4-23(24)30)14-36(15-17-5-9-19(31)10-6-17)26(38)21-13-35-37(25(21)28(32,33)34)20-11-7-18(8-12-20)27(39)40/h2-6,9-10,13,16,18,20H,7-8,11-12,14-15H2,1H3,(H,39,40)/t16?,18-,20-. The van der Waals surface area contributed by atoms with Crippen molar-refractivity contribution in [3.8, 4) is 0 Å². The Labute approximate surface area is 238 Å². The molecule has 6 nitrogen and oxygen atoms in total. The second-order valence-corrected chi connectivity index (χ2v) is 10.9. The second kappa shape index (κ2) is 12.2. The summed E-state index contributed by atoms with van der Waals surface area (Å²) < 4.78 is 57.6. The third-order valence-electron chi connectivity index (χ3n) is 7.25. The minimum absolute atomic E-state index is 0.0359. The van der Waals surface area contributed by atoms with Crippen LogP contribution < -0.4 is 0 Å². The lowest BCUT2D eigenvalue weighted by atomic mass is 9.86. The van der Waals surface area contributed by atoms with E-state index in [9.17, 15) is 32.3 Å². The van der Waals surface area contributed by atoms with Crippen LogP contribution in [0, 0.1) is 11.7 Å². The highest BCUT2D eigenvalue weighted by atomic mass is 35.5. The molecule has 1 aliphatic rings. The average Bonchev–Trinajstić information content (AvgIpc) is 3.35. The molecule has 1 atom stereocenters. The fourth-order valence-electron chi connectivity index (χ4n) is 5.25. The summed E-state index contributed by atoms with van der Waals surface area (Å²) in [6.45, 7) is 1.62. The zero-order chi connectivity index (χ0) is 29.2. The lowest BCUT2D eigenvalue weighted by Crippen LogP contribution is -2.35. The van der Waals surface area contributed by atoms with Gasteiger partial charge < -0.3 is 10.0 Å². The van der Waals surface area contributed by atoms with Crippen molar-refractivity contribution < 1.29 is 32.3 Å². The van der Waals surface area contributed by atoms with Gasteiger partial charge in [-0.2, -0.15) is 18.3 Å². The van der Waals surface area contributed by atoms with Crippen LogP contribution in [0.1, 0.15) is 71.7 Å². The van der Waals surface area contributed by atoms with Gasteiger partial charge in [-0.05, 0) is 61.1 Å². The summed E-state index contributed by atoms with van der Waals surface area (Å²) in [6, 6.07) is 9.57. The van der Waals surface area contributed by atoms with Crippen LogP contribution in [0.3, 0.4) is 0 Å². The Bertz CT molecular complexity index is 1350. The Morgan fingerprint density at radius 3 is 2.23 bits per heavy atom. The quantitative estimate of drug-likeness (QED) is 0.270. The van der Waals surface area contributed by atoms with Gasteiger partial charge in [0.2, 0.25) is 0 Å². The monoisotopic (exact) mass is 599 g/mol. The number of carboxylic acids is 1. The highest BCUT2D eigenvalue weighted by Crippen LogP contribution is 2.40. The number of halogens is 6. The van der Waals surface area contributed by atoms with E-state index in [4.69, 9.17) is 23.2 Å². The summed E-state index contributed by atoms with van der Waals surface area (Å²) >= 11 is 12.7. The van der Waals surface area contributed by atoms with E-state index in [1.807, 2.05) is 0 Å². The first-order valence-corrected chi connectivity index (χ1v) is 13.5. The molecule has 1 aromatic heterocycles. The summed E-state index contributed by atoms with van der Waals surface area (Å²) in [5.74, 6) is -3.45. The number of rotatable bonds is 8. The van der Waals surface area contributed by atoms with Crippen molar-refractivity contribution in [2.24, 2.45) is 5.92 Å². The van der Waals surface area contributed by atoms with Crippen LogP contribution in [0.5, 0.6) is 0 Å².